The molecule has 22 heavy (non-hydrogen) atoms. The fraction of sp³-hybridized carbons (Fsp3) is 0.400. The Morgan fingerprint density at radius 3 is 1.86 bits per heavy atom. The van der Waals surface area contributed by atoms with E-state index in [-0.39, 0.29) is 0 Å². The first-order valence-electron chi connectivity index (χ1n) is 8.43. The highest BCUT2D eigenvalue weighted by Gasteiger charge is 2.40. The van der Waals surface area contributed by atoms with Crippen LogP contribution in [0.2, 0.25) is 5.54 Å². The molecular formula is C20H27ClSi. The summed E-state index contributed by atoms with van der Waals surface area (Å²) < 4.78 is 0. The van der Waals surface area contributed by atoms with Gasteiger partial charge in [0.2, 0.25) is 7.38 Å². The van der Waals surface area contributed by atoms with E-state index in [0.717, 1.165) is 19.3 Å². The largest absolute Gasteiger partial charge is 0.220 e. The van der Waals surface area contributed by atoms with Crippen LogP contribution in [0.3, 0.4) is 0 Å². The van der Waals surface area contributed by atoms with Gasteiger partial charge in [-0.05, 0) is 39.9 Å². The minimum absolute atomic E-state index is 0.508. The molecule has 2 heteroatoms. The lowest BCUT2D eigenvalue weighted by atomic mass is 10.1. The van der Waals surface area contributed by atoms with Crippen molar-refractivity contribution in [2.75, 3.05) is 0 Å². The van der Waals surface area contributed by atoms with Gasteiger partial charge in [-0.2, -0.15) is 11.1 Å². The maximum Gasteiger partial charge on any atom is 0.220 e. The van der Waals surface area contributed by atoms with E-state index < -0.39 is 7.38 Å². The summed E-state index contributed by atoms with van der Waals surface area (Å²) in [4.78, 5) is 0. The summed E-state index contributed by atoms with van der Waals surface area (Å²) in [5, 5.41) is 2.72. The van der Waals surface area contributed by atoms with Crippen LogP contribution in [0, 0.1) is 0 Å². The van der Waals surface area contributed by atoms with E-state index >= 15 is 0 Å². The Labute approximate surface area is 141 Å². The fourth-order valence-corrected chi connectivity index (χ4v) is 7.75. The predicted molar refractivity (Wildman–Crippen MR) is 102 cm³/mol. The van der Waals surface area contributed by atoms with Gasteiger partial charge in [-0.1, -0.05) is 82.6 Å². The Balaban J connectivity index is 2.65. The Morgan fingerprint density at radius 2 is 1.41 bits per heavy atom. The van der Waals surface area contributed by atoms with Crippen molar-refractivity contribution in [3.05, 3.63) is 59.7 Å². The van der Waals surface area contributed by atoms with E-state index in [1.54, 1.807) is 0 Å². The van der Waals surface area contributed by atoms with Crippen LogP contribution < -0.4 is 10.4 Å². The zero-order valence-electron chi connectivity index (χ0n) is 14.2. The van der Waals surface area contributed by atoms with Crippen LogP contribution in [-0.2, 0) is 12.8 Å². The van der Waals surface area contributed by atoms with E-state index in [0.29, 0.717) is 5.54 Å². The van der Waals surface area contributed by atoms with Gasteiger partial charge in [-0.3, -0.25) is 0 Å². The second-order valence-corrected chi connectivity index (χ2v) is 11.5. The molecule has 0 aliphatic rings. The Morgan fingerprint density at radius 1 is 0.864 bits per heavy atom. The van der Waals surface area contributed by atoms with Crippen molar-refractivity contribution in [2.24, 2.45) is 0 Å². The van der Waals surface area contributed by atoms with Gasteiger partial charge in [-0.15, -0.1) is 0 Å². The van der Waals surface area contributed by atoms with Crippen LogP contribution in [0.4, 0.5) is 0 Å². The normalized spacial score (nSPS) is 15.3. The highest BCUT2D eigenvalue weighted by molar-refractivity contribution is 7.34. The Hall–Kier alpha value is -1.05. The summed E-state index contributed by atoms with van der Waals surface area (Å²) in [5.74, 6) is 0. The minimum atomic E-state index is -2.23. The van der Waals surface area contributed by atoms with Crippen molar-refractivity contribution in [1.82, 2.24) is 0 Å². The second kappa shape index (κ2) is 7.48. The van der Waals surface area contributed by atoms with Crippen molar-refractivity contribution < 1.29 is 0 Å². The van der Waals surface area contributed by atoms with Crippen LogP contribution in [-0.4, -0.2) is 7.38 Å². The number of hydrogen-bond donors (Lipinski definition) is 0. The highest BCUT2D eigenvalue weighted by Crippen LogP contribution is 2.29. The molecular weight excluding hydrogens is 304 g/mol. The molecule has 0 heterocycles. The first kappa shape index (κ1) is 17.3. The van der Waals surface area contributed by atoms with E-state index in [2.05, 4.69) is 76.2 Å². The van der Waals surface area contributed by atoms with Gasteiger partial charge in [0.05, 0.1) is 0 Å². The number of aryl methyl sites for hydroxylation is 2. The fourth-order valence-electron chi connectivity index (χ4n) is 3.08. The molecule has 0 aliphatic carbocycles. The van der Waals surface area contributed by atoms with Crippen molar-refractivity contribution in [1.29, 1.82) is 0 Å². The van der Waals surface area contributed by atoms with Crippen LogP contribution in [0.1, 0.15) is 45.2 Å². The summed E-state index contributed by atoms with van der Waals surface area (Å²) in [5.41, 5.74) is 3.32. The average Bonchev–Trinajstić information content (AvgIpc) is 2.60. The highest BCUT2D eigenvalue weighted by atomic mass is 35.6. The molecule has 2 unspecified atom stereocenters. The predicted octanol–water partition coefficient (Wildman–Crippen LogP) is 4.91. The summed E-state index contributed by atoms with van der Waals surface area (Å²) in [6.07, 6.45) is 3.25. The third kappa shape index (κ3) is 3.31. The molecule has 0 spiro atoms. The minimum Gasteiger partial charge on any atom is -0.155 e. The molecule has 2 aromatic carbocycles. The van der Waals surface area contributed by atoms with E-state index in [4.69, 9.17) is 11.1 Å². The van der Waals surface area contributed by atoms with Crippen molar-refractivity contribution in [3.8, 4) is 0 Å². The van der Waals surface area contributed by atoms with Gasteiger partial charge < -0.3 is 0 Å². The molecule has 0 nitrogen and oxygen atoms in total. The van der Waals surface area contributed by atoms with E-state index in [1.165, 1.54) is 21.5 Å². The average molecular weight is 331 g/mol. The summed E-state index contributed by atoms with van der Waals surface area (Å²) in [6.45, 7) is 9.02. The van der Waals surface area contributed by atoms with Crippen LogP contribution >= 0.6 is 11.1 Å². The van der Waals surface area contributed by atoms with Gasteiger partial charge in [0.25, 0.3) is 0 Å². The Kier molecular flexibility index (Phi) is 5.88. The van der Waals surface area contributed by atoms with Crippen LogP contribution in [0.15, 0.2) is 48.5 Å². The summed E-state index contributed by atoms with van der Waals surface area (Å²) in [6, 6.07) is 17.8. The van der Waals surface area contributed by atoms with Crippen molar-refractivity contribution in [3.63, 3.8) is 0 Å². The molecule has 0 N–H and O–H groups in total. The van der Waals surface area contributed by atoms with Gasteiger partial charge in [-0.25, -0.2) is 0 Å². The van der Waals surface area contributed by atoms with Gasteiger partial charge >= 0.3 is 0 Å². The van der Waals surface area contributed by atoms with Gasteiger partial charge in [0.1, 0.15) is 0 Å². The standard InChI is InChI=1S/C20H27ClSi/c1-5-16(4)22(21,19-11-9-8-10-12-19)20-14-17(6-2)13-18(7-3)15-20/h8-16H,5-7H2,1-4H3. The number of benzene rings is 2. The molecule has 2 aromatic rings. The molecule has 0 aromatic heterocycles. The first-order valence-corrected chi connectivity index (χ1v) is 11.5. The number of halogens is 1. The third-order valence-electron chi connectivity index (χ3n) is 4.77. The molecule has 0 bridgehead atoms. The molecule has 0 radical (unpaired) electrons. The second-order valence-electron chi connectivity index (χ2n) is 6.13. The zero-order chi connectivity index (χ0) is 16.2. The molecule has 0 saturated heterocycles. The number of hydrogen-bond acceptors (Lipinski definition) is 0. The molecule has 0 aliphatic heterocycles. The van der Waals surface area contributed by atoms with Crippen LogP contribution in [0.5, 0.6) is 0 Å². The number of rotatable bonds is 6. The summed E-state index contributed by atoms with van der Waals surface area (Å²) in [7, 11) is -2.23. The Bertz CT molecular complexity index is 586. The SMILES string of the molecule is CCc1cc(CC)cc([Si](Cl)(c2ccccc2)C(C)CC)c1. The lowest BCUT2D eigenvalue weighted by Gasteiger charge is -2.32. The topological polar surface area (TPSA) is 0 Å². The lowest BCUT2D eigenvalue weighted by molar-refractivity contribution is 0.861. The smallest absolute Gasteiger partial charge is 0.155 e. The third-order valence-corrected chi connectivity index (χ3v) is 11.3. The zero-order valence-corrected chi connectivity index (χ0v) is 16.0. The van der Waals surface area contributed by atoms with Crippen molar-refractivity contribution >= 4 is 28.8 Å². The van der Waals surface area contributed by atoms with Crippen LogP contribution in [0.25, 0.3) is 0 Å². The molecule has 0 saturated carbocycles. The monoisotopic (exact) mass is 330 g/mol. The van der Waals surface area contributed by atoms with E-state index in [9.17, 15) is 0 Å². The quantitative estimate of drug-likeness (QED) is 0.521. The maximum absolute atomic E-state index is 7.44. The maximum atomic E-state index is 7.44. The summed E-state index contributed by atoms with van der Waals surface area (Å²) >= 11 is 7.44. The first-order chi connectivity index (χ1) is 10.6. The molecule has 0 amide bonds. The van der Waals surface area contributed by atoms with Gasteiger partial charge in [0.15, 0.2) is 0 Å². The van der Waals surface area contributed by atoms with Crippen molar-refractivity contribution in [2.45, 2.75) is 52.5 Å². The molecule has 0 fully saturated rings. The van der Waals surface area contributed by atoms with Gasteiger partial charge in [0, 0.05) is 0 Å². The molecule has 2 atom stereocenters. The molecule has 118 valence electrons. The molecule has 2 rings (SSSR count). The lowest BCUT2D eigenvalue weighted by Crippen LogP contribution is -2.56. The van der Waals surface area contributed by atoms with E-state index in [1.807, 2.05) is 0 Å².